The summed E-state index contributed by atoms with van der Waals surface area (Å²) in [4.78, 5) is 27.1. The first-order valence-corrected chi connectivity index (χ1v) is 6.85. The smallest absolute Gasteiger partial charge is 0.325 e. The molecule has 7 nitrogen and oxygen atoms in total. The van der Waals surface area contributed by atoms with Crippen LogP contribution in [-0.2, 0) is 14.3 Å². The molecule has 7 heteroatoms. The Morgan fingerprint density at radius 2 is 2.10 bits per heavy atom. The Bertz CT molecular complexity index is 448. The Morgan fingerprint density at radius 1 is 1.48 bits per heavy atom. The minimum Gasteiger partial charge on any atom is -0.468 e. The third-order valence-electron chi connectivity index (χ3n) is 3.63. The average molecular weight is 294 g/mol. The van der Waals surface area contributed by atoms with E-state index in [0.29, 0.717) is 0 Å². The van der Waals surface area contributed by atoms with Gasteiger partial charge in [-0.2, -0.15) is 5.26 Å². The Morgan fingerprint density at radius 3 is 2.62 bits per heavy atom. The molecular weight excluding hydrogens is 272 g/mol. The predicted octanol–water partition coefficient (Wildman–Crippen LogP) is -0.291. The molecule has 116 valence electrons. The number of nitrogens with one attached hydrogen (secondary N) is 1. The number of carbonyl (C=O) groups excluding carboxylic acids is 2. The van der Waals surface area contributed by atoms with Gasteiger partial charge in [0.2, 0.25) is 0 Å². The van der Waals surface area contributed by atoms with E-state index in [9.17, 15) is 9.59 Å². The molecular formula is C14H22N4O3. The standard InChI is InChI=1S/C14H22N4O3/c1-17-6-4-12(5-7-17)18(2)14(20)11(8-15)9-16-10-13(19)21-3/h9,12,16H,4-7,10H2,1-3H3/b11-9-. The summed E-state index contributed by atoms with van der Waals surface area (Å²) in [6, 6.07) is 2.01. The molecule has 1 saturated heterocycles. The van der Waals surface area contributed by atoms with Crippen LogP contribution in [0.2, 0.25) is 0 Å². The zero-order valence-electron chi connectivity index (χ0n) is 12.8. The fourth-order valence-corrected chi connectivity index (χ4v) is 2.19. The molecule has 0 unspecified atom stereocenters. The summed E-state index contributed by atoms with van der Waals surface area (Å²) in [6.45, 7) is 1.80. The van der Waals surface area contributed by atoms with Gasteiger partial charge in [0.1, 0.15) is 18.2 Å². The molecule has 1 heterocycles. The van der Waals surface area contributed by atoms with Crippen LogP contribution in [0.3, 0.4) is 0 Å². The maximum Gasteiger partial charge on any atom is 0.325 e. The van der Waals surface area contributed by atoms with E-state index in [4.69, 9.17) is 5.26 Å². The van der Waals surface area contributed by atoms with E-state index < -0.39 is 5.97 Å². The second kappa shape index (κ2) is 8.27. The largest absolute Gasteiger partial charge is 0.468 e. The van der Waals surface area contributed by atoms with E-state index in [1.165, 1.54) is 13.3 Å². The molecule has 1 aliphatic heterocycles. The summed E-state index contributed by atoms with van der Waals surface area (Å²) in [5.41, 5.74) is -0.0136. The number of rotatable bonds is 5. The molecule has 0 radical (unpaired) electrons. The van der Waals surface area contributed by atoms with Gasteiger partial charge in [-0.15, -0.1) is 0 Å². The third kappa shape index (κ3) is 5.08. The summed E-state index contributed by atoms with van der Waals surface area (Å²) >= 11 is 0. The Labute approximate surface area is 125 Å². The Hall–Kier alpha value is -2.07. The highest BCUT2D eigenvalue weighted by atomic mass is 16.5. The lowest BCUT2D eigenvalue weighted by atomic mass is 10.0. The normalized spacial score (nSPS) is 17.0. The van der Waals surface area contributed by atoms with Crippen molar-refractivity contribution in [1.82, 2.24) is 15.1 Å². The van der Waals surface area contributed by atoms with Gasteiger partial charge < -0.3 is 19.9 Å². The fourth-order valence-electron chi connectivity index (χ4n) is 2.19. The monoisotopic (exact) mass is 294 g/mol. The number of piperidine rings is 1. The number of likely N-dealkylation sites (N-methyl/N-ethyl adjacent to an activating group) is 1. The molecule has 0 aromatic rings. The molecule has 0 aliphatic carbocycles. The highest BCUT2D eigenvalue weighted by molar-refractivity contribution is 5.97. The van der Waals surface area contributed by atoms with Crippen molar-refractivity contribution in [2.45, 2.75) is 18.9 Å². The number of carbonyl (C=O) groups is 2. The first-order valence-electron chi connectivity index (χ1n) is 6.85. The van der Waals surface area contributed by atoms with Gasteiger partial charge in [0.15, 0.2) is 0 Å². The van der Waals surface area contributed by atoms with Crippen molar-refractivity contribution in [3.8, 4) is 6.07 Å². The summed E-state index contributed by atoms with van der Waals surface area (Å²) in [5.74, 6) is -0.788. The van der Waals surface area contributed by atoms with Crippen molar-refractivity contribution in [2.75, 3.05) is 40.8 Å². The van der Waals surface area contributed by atoms with Gasteiger partial charge in [0, 0.05) is 19.3 Å². The van der Waals surface area contributed by atoms with Gasteiger partial charge in [0.25, 0.3) is 5.91 Å². The molecule has 0 bridgehead atoms. The van der Waals surface area contributed by atoms with E-state index in [-0.39, 0.29) is 24.1 Å². The van der Waals surface area contributed by atoms with Gasteiger partial charge >= 0.3 is 5.97 Å². The molecule has 0 spiro atoms. The lowest BCUT2D eigenvalue weighted by Gasteiger charge is -2.34. The van der Waals surface area contributed by atoms with Gasteiger partial charge in [-0.1, -0.05) is 0 Å². The van der Waals surface area contributed by atoms with Gasteiger partial charge in [0.05, 0.1) is 7.11 Å². The number of ether oxygens (including phenoxy) is 1. The van der Waals surface area contributed by atoms with Crippen LogP contribution in [0.4, 0.5) is 0 Å². The zero-order valence-corrected chi connectivity index (χ0v) is 12.8. The van der Waals surface area contributed by atoms with E-state index in [0.717, 1.165) is 25.9 Å². The minimum atomic E-state index is -0.459. The number of esters is 1. The van der Waals surface area contributed by atoms with Gasteiger partial charge in [-0.25, -0.2) is 0 Å². The van der Waals surface area contributed by atoms with Crippen LogP contribution in [-0.4, -0.2) is 68.6 Å². The van der Waals surface area contributed by atoms with Crippen molar-refractivity contribution < 1.29 is 14.3 Å². The minimum absolute atomic E-state index is 0.0136. The van der Waals surface area contributed by atoms with E-state index >= 15 is 0 Å². The molecule has 1 amide bonds. The lowest BCUT2D eigenvalue weighted by molar-refractivity contribution is -0.139. The Balaban J connectivity index is 2.59. The molecule has 1 rings (SSSR count). The summed E-state index contributed by atoms with van der Waals surface area (Å²) in [5, 5.41) is 11.7. The number of nitrogens with zero attached hydrogens (tertiary/aromatic N) is 3. The quantitative estimate of drug-likeness (QED) is 0.426. The molecule has 0 aromatic heterocycles. The maximum absolute atomic E-state index is 12.3. The number of hydrogen-bond acceptors (Lipinski definition) is 6. The average Bonchev–Trinajstić information content (AvgIpc) is 2.50. The van der Waals surface area contributed by atoms with Crippen LogP contribution in [0, 0.1) is 11.3 Å². The highest BCUT2D eigenvalue weighted by Crippen LogP contribution is 2.15. The van der Waals surface area contributed by atoms with Gasteiger partial charge in [-0.05, 0) is 33.0 Å². The number of hydrogen-bond donors (Lipinski definition) is 1. The summed E-state index contributed by atoms with van der Waals surface area (Å²) in [7, 11) is 5.04. The number of likely N-dealkylation sites (tertiary alicyclic amines) is 1. The Kier molecular flexibility index (Phi) is 6.69. The van der Waals surface area contributed by atoms with Crippen LogP contribution in [0.5, 0.6) is 0 Å². The fraction of sp³-hybridized carbons (Fsp3) is 0.643. The van der Waals surface area contributed by atoms with E-state index in [1.807, 2.05) is 6.07 Å². The van der Waals surface area contributed by atoms with Crippen LogP contribution in [0.25, 0.3) is 0 Å². The molecule has 21 heavy (non-hydrogen) atoms. The second-order valence-electron chi connectivity index (χ2n) is 5.08. The number of methoxy groups -OCH3 is 1. The molecule has 1 fully saturated rings. The molecule has 1 N–H and O–H groups in total. The molecule has 0 aromatic carbocycles. The van der Waals surface area contributed by atoms with Crippen molar-refractivity contribution >= 4 is 11.9 Å². The SMILES string of the molecule is COC(=O)CN/C=C(/C#N)C(=O)N(C)C1CCN(C)CC1. The van der Waals surface area contributed by atoms with Crippen LogP contribution < -0.4 is 5.32 Å². The number of nitriles is 1. The van der Waals surface area contributed by atoms with E-state index in [1.54, 1.807) is 11.9 Å². The van der Waals surface area contributed by atoms with Crippen molar-refractivity contribution in [3.63, 3.8) is 0 Å². The summed E-state index contributed by atoms with van der Waals surface area (Å²) < 4.78 is 4.47. The first-order chi connectivity index (χ1) is 9.99. The topological polar surface area (TPSA) is 85.7 Å². The molecule has 0 atom stereocenters. The third-order valence-corrected chi connectivity index (χ3v) is 3.63. The molecule has 0 saturated carbocycles. The highest BCUT2D eigenvalue weighted by Gasteiger charge is 2.25. The number of amides is 1. The van der Waals surface area contributed by atoms with Crippen molar-refractivity contribution in [1.29, 1.82) is 5.26 Å². The predicted molar refractivity (Wildman–Crippen MR) is 77.0 cm³/mol. The first kappa shape index (κ1) is 17.0. The van der Waals surface area contributed by atoms with Gasteiger partial charge in [-0.3, -0.25) is 9.59 Å². The van der Waals surface area contributed by atoms with Crippen molar-refractivity contribution in [3.05, 3.63) is 11.8 Å². The van der Waals surface area contributed by atoms with E-state index in [2.05, 4.69) is 22.0 Å². The second-order valence-corrected chi connectivity index (χ2v) is 5.08. The summed E-state index contributed by atoms with van der Waals surface area (Å²) in [6.07, 6.45) is 3.06. The van der Waals surface area contributed by atoms with Crippen LogP contribution in [0.15, 0.2) is 11.8 Å². The lowest BCUT2D eigenvalue weighted by Crippen LogP contribution is -2.45. The van der Waals surface area contributed by atoms with Crippen molar-refractivity contribution in [2.24, 2.45) is 0 Å². The zero-order chi connectivity index (χ0) is 15.8. The molecule has 1 aliphatic rings. The van der Waals surface area contributed by atoms with Crippen LogP contribution >= 0.6 is 0 Å². The maximum atomic E-state index is 12.3. The van der Waals surface area contributed by atoms with Crippen LogP contribution in [0.1, 0.15) is 12.8 Å².